The number of carbonyl (C=O) groups excluding carboxylic acids is 3. The van der Waals surface area contributed by atoms with Gasteiger partial charge in [0, 0.05) is 29.6 Å². The number of pyridine rings is 2. The molecule has 0 radical (unpaired) electrons. The number of imide groups is 1. The van der Waals surface area contributed by atoms with Gasteiger partial charge in [-0.25, -0.2) is 4.98 Å². The van der Waals surface area contributed by atoms with Gasteiger partial charge in [0.1, 0.15) is 12.4 Å². The van der Waals surface area contributed by atoms with Crippen LogP contribution in [0.5, 0.6) is 5.75 Å². The zero-order chi connectivity index (χ0) is 42.5. The van der Waals surface area contributed by atoms with Crippen LogP contribution < -0.4 is 20.4 Å². The van der Waals surface area contributed by atoms with Gasteiger partial charge < -0.3 is 18.8 Å². The third-order valence-corrected chi connectivity index (χ3v) is 17.7. The molecule has 2 aromatic heterocycles. The van der Waals surface area contributed by atoms with Crippen LogP contribution in [0.4, 0.5) is 0 Å². The molecule has 3 aromatic carbocycles. The largest absolute Gasteiger partial charge is 0.534 e. The second kappa shape index (κ2) is 15.8. The Morgan fingerprint density at radius 2 is 1.57 bits per heavy atom. The summed E-state index contributed by atoms with van der Waals surface area (Å²) in [6.07, 6.45) is 4.11. The number of aliphatic carboxylic acids is 1. The summed E-state index contributed by atoms with van der Waals surface area (Å²) in [6.45, 7) is 10.9. The maximum absolute atomic E-state index is 14.4. The number of cyclic esters (lactones) is 1. The van der Waals surface area contributed by atoms with Gasteiger partial charge in [-0.2, -0.15) is 0 Å². The summed E-state index contributed by atoms with van der Waals surface area (Å²) in [5.41, 5.74) is 4.10. The second-order valence-electron chi connectivity index (χ2n) is 17.1. The van der Waals surface area contributed by atoms with E-state index in [9.17, 15) is 29.1 Å². The Morgan fingerprint density at radius 3 is 2.15 bits per heavy atom. The number of fused-ring (bicyclic) bond motifs is 5. The lowest BCUT2D eigenvalue weighted by atomic mass is 9.77. The Balaban J connectivity index is 1.18. The predicted octanol–water partition coefficient (Wildman–Crippen LogP) is 6.50. The van der Waals surface area contributed by atoms with E-state index >= 15 is 0 Å². The van der Waals surface area contributed by atoms with Crippen LogP contribution in [0.25, 0.3) is 22.3 Å². The van der Waals surface area contributed by atoms with E-state index in [-0.39, 0.29) is 48.2 Å². The molecule has 0 fully saturated rings. The Kier molecular flexibility index (Phi) is 10.7. The van der Waals surface area contributed by atoms with Crippen molar-refractivity contribution in [1.82, 2.24) is 14.5 Å². The van der Waals surface area contributed by atoms with Gasteiger partial charge in [0.15, 0.2) is 0 Å². The molecule has 0 spiro atoms. The van der Waals surface area contributed by atoms with Crippen LogP contribution in [-0.2, 0) is 43.5 Å². The zero-order valence-electron chi connectivity index (χ0n) is 34.6. The van der Waals surface area contributed by atoms with Crippen molar-refractivity contribution in [3.8, 4) is 17.1 Å². The first-order valence-electron chi connectivity index (χ1n) is 20.7. The van der Waals surface area contributed by atoms with Crippen molar-refractivity contribution in [2.24, 2.45) is 11.8 Å². The molecule has 0 saturated heterocycles. The van der Waals surface area contributed by atoms with E-state index in [0.29, 0.717) is 36.2 Å². The molecule has 60 heavy (non-hydrogen) atoms. The fraction of sp³-hybridized carbons (Fsp3) is 0.333. The summed E-state index contributed by atoms with van der Waals surface area (Å²) in [4.78, 5) is 71.7. The standard InChI is InChI=1S/C48H49N3O8Si/c1-6-29(22-23-50-41(52)20-21-42(50)53)24-36(46(55)56)43-35-26-40-44-37(27-51(40)45(54)38(35)28-58-47(43)57)33(7-2)34-25-30(18-19-39(34)49-44)59-60(48(3,4)5,31-14-10-8-11-15-31)32-16-12-9-13-17-32/h8-21,25-26,29,36,43H,6-7,22-24,27-28H2,1-5H3,(H,55,56)/t29?,36?,43-/m1/s1. The quantitative estimate of drug-likeness (QED) is 0.0784. The maximum atomic E-state index is 14.4. The molecule has 308 valence electrons. The molecule has 5 aromatic rings. The van der Waals surface area contributed by atoms with Crippen LogP contribution in [0, 0.1) is 11.8 Å². The normalized spacial score (nSPS) is 17.0. The number of rotatable bonds is 13. The third kappa shape index (κ3) is 6.86. The van der Waals surface area contributed by atoms with Crippen LogP contribution in [0.15, 0.2) is 102 Å². The first-order chi connectivity index (χ1) is 28.8. The number of hydrogen-bond acceptors (Lipinski definition) is 8. The van der Waals surface area contributed by atoms with E-state index in [0.717, 1.165) is 43.1 Å². The molecule has 0 saturated carbocycles. The topological polar surface area (TPSA) is 145 Å². The van der Waals surface area contributed by atoms with Crippen molar-refractivity contribution in [2.45, 2.75) is 84.4 Å². The Bertz CT molecular complexity index is 2570. The molecular formula is C48H49N3O8Si. The third-order valence-electron chi connectivity index (χ3n) is 12.7. The molecular weight excluding hydrogens is 775 g/mol. The highest BCUT2D eigenvalue weighted by Gasteiger charge is 2.52. The fourth-order valence-corrected chi connectivity index (χ4v) is 14.0. The van der Waals surface area contributed by atoms with E-state index in [2.05, 4.69) is 82.3 Å². The summed E-state index contributed by atoms with van der Waals surface area (Å²) in [5.74, 6) is -4.63. The smallest absolute Gasteiger partial charge is 0.319 e. The van der Waals surface area contributed by atoms with Crippen LogP contribution in [0.2, 0.25) is 5.04 Å². The van der Waals surface area contributed by atoms with E-state index in [1.807, 2.05) is 31.2 Å². The van der Waals surface area contributed by atoms with Gasteiger partial charge in [-0.15, -0.1) is 0 Å². The number of esters is 1. The number of aromatic nitrogens is 2. The highest BCUT2D eigenvalue weighted by atomic mass is 28.4. The molecule has 0 aliphatic carbocycles. The molecule has 3 atom stereocenters. The van der Waals surface area contributed by atoms with Gasteiger partial charge in [0.2, 0.25) is 0 Å². The molecule has 8 rings (SSSR count). The lowest BCUT2D eigenvalue weighted by Gasteiger charge is -2.43. The number of carboxylic acid groups (broad SMARTS) is 1. The van der Waals surface area contributed by atoms with Crippen molar-refractivity contribution in [3.63, 3.8) is 0 Å². The number of ether oxygens (including phenoxy) is 1. The minimum absolute atomic E-state index is 0.0882. The summed E-state index contributed by atoms with van der Waals surface area (Å²) in [5, 5.41) is 13.6. The molecule has 2 unspecified atom stereocenters. The van der Waals surface area contributed by atoms with Gasteiger partial charge >= 0.3 is 20.3 Å². The number of amides is 2. The van der Waals surface area contributed by atoms with Crippen LogP contribution in [-0.4, -0.2) is 58.2 Å². The average molecular weight is 824 g/mol. The second-order valence-corrected chi connectivity index (χ2v) is 21.3. The minimum atomic E-state index is -2.94. The van der Waals surface area contributed by atoms with Crippen LogP contribution in [0.3, 0.4) is 0 Å². The first kappa shape index (κ1) is 40.6. The summed E-state index contributed by atoms with van der Waals surface area (Å²) < 4.78 is 14.6. The molecule has 2 amide bonds. The zero-order valence-corrected chi connectivity index (χ0v) is 35.6. The van der Waals surface area contributed by atoms with Crippen molar-refractivity contribution < 1.29 is 33.4 Å². The number of benzene rings is 3. The fourth-order valence-electron chi connectivity index (χ4n) is 9.60. The highest BCUT2D eigenvalue weighted by Crippen LogP contribution is 2.43. The molecule has 12 heteroatoms. The number of carbonyl (C=O) groups is 4. The number of nitrogens with zero attached hydrogens (tertiary/aromatic N) is 3. The number of carboxylic acids is 1. The lowest BCUT2D eigenvalue weighted by Crippen LogP contribution is -2.68. The number of aryl methyl sites for hydroxylation is 1. The van der Waals surface area contributed by atoms with Crippen molar-refractivity contribution in [3.05, 3.63) is 130 Å². The maximum Gasteiger partial charge on any atom is 0.319 e. The van der Waals surface area contributed by atoms with Gasteiger partial charge in [0.25, 0.3) is 17.4 Å². The summed E-state index contributed by atoms with van der Waals surface area (Å²) in [6, 6.07) is 28.7. The molecule has 3 aliphatic rings. The van der Waals surface area contributed by atoms with Crippen molar-refractivity contribution in [1.29, 1.82) is 0 Å². The summed E-state index contributed by atoms with van der Waals surface area (Å²) >= 11 is 0. The Hall–Kier alpha value is -6.14. The Labute approximate surface area is 349 Å². The predicted molar refractivity (Wildman–Crippen MR) is 231 cm³/mol. The van der Waals surface area contributed by atoms with Crippen LogP contribution >= 0.6 is 0 Å². The van der Waals surface area contributed by atoms with E-state index in [1.54, 1.807) is 10.6 Å². The molecule has 5 heterocycles. The average Bonchev–Trinajstić information content (AvgIpc) is 3.77. The van der Waals surface area contributed by atoms with E-state index < -0.39 is 43.9 Å². The van der Waals surface area contributed by atoms with Gasteiger partial charge in [-0.3, -0.25) is 28.9 Å². The van der Waals surface area contributed by atoms with Crippen molar-refractivity contribution >= 4 is 53.3 Å². The van der Waals surface area contributed by atoms with E-state index in [1.165, 1.54) is 12.2 Å². The molecule has 11 nitrogen and oxygen atoms in total. The monoisotopic (exact) mass is 823 g/mol. The van der Waals surface area contributed by atoms with Gasteiger partial charge in [-0.1, -0.05) is 102 Å². The van der Waals surface area contributed by atoms with Gasteiger partial charge in [0.05, 0.1) is 40.8 Å². The van der Waals surface area contributed by atoms with Crippen LogP contribution in [0.1, 0.15) is 82.1 Å². The minimum Gasteiger partial charge on any atom is -0.534 e. The van der Waals surface area contributed by atoms with Gasteiger partial charge in [-0.05, 0) is 76.0 Å². The Morgan fingerprint density at radius 1 is 0.917 bits per heavy atom. The number of hydrogen-bond donors (Lipinski definition) is 1. The molecule has 3 aliphatic heterocycles. The molecule has 0 bridgehead atoms. The molecule has 1 N–H and O–H groups in total. The lowest BCUT2D eigenvalue weighted by molar-refractivity contribution is -0.157. The summed E-state index contributed by atoms with van der Waals surface area (Å²) in [7, 11) is -2.94. The van der Waals surface area contributed by atoms with Crippen molar-refractivity contribution in [2.75, 3.05) is 6.54 Å². The first-order valence-corrected chi connectivity index (χ1v) is 22.6. The SMILES string of the molecule is CCc1c2c(nc3ccc(O[Si](c4ccccc4)(c4ccccc4)C(C)(C)C)cc13)-c1cc3c(c(=O)n1C2)COC(=O)[C@H]3C(CC(CC)CCN1C(=O)C=CC1=O)C(=O)O. The highest BCUT2D eigenvalue weighted by molar-refractivity contribution is 7.00. The van der Waals surface area contributed by atoms with E-state index in [4.69, 9.17) is 14.1 Å².